The maximum absolute atomic E-state index is 10.9. The van der Waals surface area contributed by atoms with Gasteiger partial charge in [0, 0.05) is 4.92 Å². The van der Waals surface area contributed by atoms with Crippen LogP contribution in [0.4, 0.5) is 17.5 Å². The van der Waals surface area contributed by atoms with E-state index in [1.54, 1.807) is 0 Å². The Bertz CT molecular complexity index is 697. The average Bonchev–Trinajstić information content (AvgIpc) is 2.91. The Balaban J connectivity index is 2.66. The molecule has 0 aliphatic carbocycles. The molecule has 0 amide bonds. The summed E-state index contributed by atoms with van der Waals surface area (Å²) in [6.45, 7) is 0. The first-order valence-electron chi connectivity index (χ1n) is 4.33. The van der Waals surface area contributed by atoms with Crippen LogP contribution in [-0.2, 0) is 0 Å². The molecule has 16 nitrogen and oxygen atoms in total. The number of aromatic nitrogens is 5. The lowest BCUT2D eigenvalue weighted by molar-refractivity contribution is -0.825. The number of hydrogen-bond donors (Lipinski definition) is 0. The lowest BCUT2D eigenvalue weighted by Gasteiger charge is -1.85. The SMILES string of the molecule is O=[N+]([O-])c1nn(-c2no[n+]([O-])c2[N+](=O)[O-])nc1[N+](=O)[O-]. The predicted octanol–water partition coefficient (Wildman–Crippen LogP) is -1.39. The van der Waals surface area contributed by atoms with E-state index in [4.69, 9.17) is 0 Å². The summed E-state index contributed by atoms with van der Waals surface area (Å²) in [7, 11) is 0. The third kappa shape index (κ3) is 1.81. The van der Waals surface area contributed by atoms with Crippen LogP contribution in [0, 0.1) is 35.6 Å². The molecule has 0 aliphatic heterocycles. The molecule has 0 aromatic carbocycles. The van der Waals surface area contributed by atoms with Gasteiger partial charge in [-0.05, 0) is 9.85 Å². The molecule has 2 heterocycles. The molecule has 0 bridgehead atoms. The van der Waals surface area contributed by atoms with Crippen LogP contribution in [0.5, 0.6) is 0 Å². The van der Waals surface area contributed by atoms with Crippen molar-refractivity contribution in [2.24, 2.45) is 0 Å². The van der Waals surface area contributed by atoms with Crippen molar-refractivity contribution in [3.63, 3.8) is 0 Å². The first-order valence-corrected chi connectivity index (χ1v) is 4.33. The Kier molecular flexibility index (Phi) is 2.66. The van der Waals surface area contributed by atoms with Crippen molar-refractivity contribution >= 4 is 17.5 Å². The summed E-state index contributed by atoms with van der Waals surface area (Å²) in [5.74, 6) is -4.78. The van der Waals surface area contributed by atoms with Gasteiger partial charge in [0.2, 0.25) is 0 Å². The van der Waals surface area contributed by atoms with Gasteiger partial charge in [-0.25, -0.2) is 0 Å². The molecule has 2 aromatic heterocycles. The van der Waals surface area contributed by atoms with Gasteiger partial charge in [-0.1, -0.05) is 0 Å². The van der Waals surface area contributed by atoms with Crippen LogP contribution in [0.1, 0.15) is 0 Å². The minimum absolute atomic E-state index is 0.0896. The largest absolute Gasteiger partial charge is 0.521 e. The van der Waals surface area contributed by atoms with Crippen molar-refractivity contribution < 1.29 is 24.3 Å². The van der Waals surface area contributed by atoms with Crippen LogP contribution in [0.3, 0.4) is 0 Å². The molecule has 0 radical (unpaired) electrons. The third-order valence-electron chi connectivity index (χ3n) is 1.86. The van der Waals surface area contributed by atoms with Gasteiger partial charge in [-0.15, -0.1) is 0 Å². The van der Waals surface area contributed by atoms with Crippen molar-refractivity contribution in [3.05, 3.63) is 35.6 Å². The first-order chi connectivity index (χ1) is 9.32. The summed E-state index contributed by atoms with van der Waals surface area (Å²) in [6.07, 6.45) is 0. The van der Waals surface area contributed by atoms with Gasteiger partial charge in [-0.3, -0.25) is 0 Å². The first kappa shape index (κ1) is 12.7. The van der Waals surface area contributed by atoms with Crippen molar-refractivity contribution in [2.45, 2.75) is 0 Å². The molecular weight excluding hydrogens is 288 g/mol. The minimum atomic E-state index is -1.29. The molecule has 0 saturated heterocycles. The molecule has 0 unspecified atom stereocenters. The fraction of sp³-hybridized carbons (Fsp3) is 0. The van der Waals surface area contributed by atoms with E-state index in [-0.39, 0.29) is 4.80 Å². The molecule has 2 rings (SSSR count). The summed E-state index contributed by atoms with van der Waals surface area (Å²) >= 11 is 0. The number of rotatable bonds is 4. The number of hydrogen-bond acceptors (Lipinski definition) is 11. The van der Waals surface area contributed by atoms with E-state index < -0.39 is 42.9 Å². The van der Waals surface area contributed by atoms with Crippen LogP contribution >= 0.6 is 0 Å². The molecule has 0 aliphatic rings. The summed E-state index contributed by atoms with van der Waals surface area (Å²) in [4.78, 5) is 27.5. The van der Waals surface area contributed by atoms with Crippen LogP contribution in [0.15, 0.2) is 4.63 Å². The van der Waals surface area contributed by atoms with Gasteiger partial charge in [0.15, 0.2) is 5.16 Å². The minimum Gasteiger partial charge on any atom is -0.358 e. The molecule has 0 fully saturated rings. The lowest BCUT2D eigenvalue weighted by atomic mass is 10.7. The van der Waals surface area contributed by atoms with Gasteiger partial charge in [-0.2, -0.15) is 4.63 Å². The molecule has 0 atom stereocenters. The van der Waals surface area contributed by atoms with E-state index in [0.717, 1.165) is 0 Å². The molecule has 0 spiro atoms. The predicted molar refractivity (Wildman–Crippen MR) is 50.3 cm³/mol. The van der Waals surface area contributed by atoms with Gasteiger partial charge >= 0.3 is 23.3 Å². The molecule has 0 N–H and O–H groups in total. The van der Waals surface area contributed by atoms with E-state index >= 15 is 0 Å². The molecule has 20 heavy (non-hydrogen) atoms. The fourth-order valence-electron chi connectivity index (χ4n) is 1.13. The van der Waals surface area contributed by atoms with Crippen molar-refractivity contribution in [3.8, 4) is 5.82 Å². The Hall–Kier alpha value is -3.72. The van der Waals surface area contributed by atoms with Crippen LogP contribution < -0.4 is 4.90 Å². The summed E-state index contributed by atoms with van der Waals surface area (Å²) in [6, 6.07) is 0. The second-order valence-electron chi connectivity index (χ2n) is 2.99. The molecule has 2 aromatic rings. The zero-order chi connectivity index (χ0) is 15.0. The van der Waals surface area contributed by atoms with Crippen LogP contribution in [-0.4, -0.2) is 34.9 Å². The van der Waals surface area contributed by atoms with E-state index in [1.807, 2.05) is 0 Å². The number of nitrogens with zero attached hydrogens (tertiary/aromatic N) is 8. The van der Waals surface area contributed by atoms with E-state index in [1.165, 1.54) is 0 Å². The Morgan fingerprint density at radius 1 is 1.00 bits per heavy atom. The third-order valence-corrected chi connectivity index (χ3v) is 1.86. The summed E-state index contributed by atoms with van der Waals surface area (Å²) < 4.78 is 3.91. The molecular formula is C4N8O8. The van der Waals surface area contributed by atoms with Gasteiger partial charge < -0.3 is 35.6 Å². The number of nitro groups is 3. The van der Waals surface area contributed by atoms with Crippen molar-refractivity contribution in [1.82, 2.24) is 20.2 Å². The van der Waals surface area contributed by atoms with Crippen molar-refractivity contribution in [1.29, 1.82) is 0 Å². The second-order valence-corrected chi connectivity index (χ2v) is 2.99. The fourth-order valence-corrected chi connectivity index (χ4v) is 1.13. The van der Waals surface area contributed by atoms with Crippen molar-refractivity contribution in [2.75, 3.05) is 0 Å². The molecule has 0 saturated carbocycles. The monoisotopic (exact) mass is 288 g/mol. The van der Waals surface area contributed by atoms with Crippen LogP contribution in [0.25, 0.3) is 5.82 Å². The van der Waals surface area contributed by atoms with Crippen LogP contribution in [0.2, 0.25) is 0 Å². The van der Waals surface area contributed by atoms with E-state index in [0.29, 0.717) is 0 Å². The zero-order valence-electron chi connectivity index (χ0n) is 8.84. The van der Waals surface area contributed by atoms with E-state index in [2.05, 4.69) is 20.0 Å². The summed E-state index contributed by atoms with van der Waals surface area (Å²) in [5, 5.41) is 51.6. The standard InChI is InChI=1S/C4N8O8/c13-9(14)1-2(10(15)16)6-8(5-1)3-4(11(17)18)12(19)20-7-3. The highest BCUT2D eigenvalue weighted by Gasteiger charge is 2.44. The second kappa shape index (κ2) is 4.19. The maximum atomic E-state index is 10.9. The highest BCUT2D eigenvalue weighted by atomic mass is 16.8. The van der Waals surface area contributed by atoms with Gasteiger partial charge in [0.25, 0.3) is 0 Å². The Morgan fingerprint density at radius 3 is 1.90 bits per heavy atom. The Morgan fingerprint density at radius 2 is 1.50 bits per heavy atom. The maximum Gasteiger partial charge on any atom is 0.521 e. The quantitative estimate of drug-likeness (QED) is 0.362. The average molecular weight is 288 g/mol. The smallest absolute Gasteiger partial charge is 0.358 e. The van der Waals surface area contributed by atoms with Gasteiger partial charge in [0.05, 0.1) is 4.90 Å². The summed E-state index contributed by atoms with van der Waals surface area (Å²) in [5.41, 5.74) is 0. The molecule has 104 valence electrons. The lowest BCUT2D eigenvalue weighted by Crippen LogP contribution is -2.26. The highest BCUT2D eigenvalue weighted by molar-refractivity contribution is 5.41. The highest BCUT2D eigenvalue weighted by Crippen LogP contribution is 2.23. The zero-order valence-corrected chi connectivity index (χ0v) is 8.84. The Labute approximate surface area is 104 Å². The topological polar surface area (TPSA) is 213 Å². The molecule has 16 heteroatoms. The van der Waals surface area contributed by atoms with Gasteiger partial charge in [0.1, 0.15) is 15.0 Å². The van der Waals surface area contributed by atoms with E-state index in [9.17, 15) is 35.6 Å². The normalized spacial score (nSPS) is 10.4.